The number of carbonyl (C=O) groups excluding carboxylic acids is 1. The van der Waals surface area contributed by atoms with E-state index in [-0.39, 0.29) is 33.7 Å². The monoisotopic (exact) mass is 635 g/mol. The molecule has 3 N–H and O–H groups in total. The molecule has 0 spiro atoms. The lowest BCUT2D eigenvalue weighted by Crippen LogP contribution is -2.37. The number of carbonyl (C=O) groups is 1. The standard InChI is InChI=1S/C24H20ClF6N7O5/c1-12(42-21(32)40)19-33-18(34-38(19)15-4-2-3-5-16(15)43-24(29,30)31)11-37-22(41)36(10-17(39)23(26,27)28)20(35-37)13-6-8-14(25)9-7-13/h2-9,12,17,39H,10-11H2,1H3,(H2,32,40)/t12-,17-/m0/s1. The van der Waals surface area contributed by atoms with Gasteiger partial charge in [-0.3, -0.25) is 4.57 Å². The Morgan fingerprint density at radius 2 is 1.72 bits per heavy atom. The fourth-order valence-electron chi connectivity index (χ4n) is 3.88. The summed E-state index contributed by atoms with van der Waals surface area (Å²) in [5.74, 6) is -1.49. The van der Waals surface area contributed by atoms with E-state index in [1.807, 2.05) is 0 Å². The molecule has 2 aromatic carbocycles. The lowest BCUT2D eigenvalue weighted by Gasteiger charge is -2.16. The molecule has 43 heavy (non-hydrogen) atoms. The summed E-state index contributed by atoms with van der Waals surface area (Å²) in [7, 11) is 0. The zero-order chi connectivity index (χ0) is 31.7. The van der Waals surface area contributed by atoms with E-state index < -0.39 is 55.4 Å². The molecule has 0 saturated carbocycles. The Kier molecular flexibility index (Phi) is 8.72. The maximum Gasteiger partial charge on any atom is 0.573 e. The van der Waals surface area contributed by atoms with Crippen LogP contribution in [0.4, 0.5) is 31.1 Å². The Morgan fingerprint density at radius 1 is 1.07 bits per heavy atom. The van der Waals surface area contributed by atoms with Crippen LogP contribution in [0.2, 0.25) is 5.02 Å². The Bertz CT molecular complexity index is 1670. The van der Waals surface area contributed by atoms with E-state index in [2.05, 4.69) is 19.9 Å². The zero-order valence-electron chi connectivity index (χ0n) is 21.7. The molecule has 4 aromatic rings. The van der Waals surface area contributed by atoms with Gasteiger partial charge in [-0.05, 0) is 43.3 Å². The number of para-hydroxylation sites is 2. The molecule has 2 heterocycles. The lowest BCUT2D eigenvalue weighted by atomic mass is 10.2. The smallest absolute Gasteiger partial charge is 0.438 e. The van der Waals surface area contributed by atoms with Gasteiger partial charge in [-0.1, -0.05) is 23.7 Å². The summed E-state index contributed by atoms with van der Waals surface area (Å²) in [5, 5.41) is 18.2. The second-order valence-corrected chi connectivity index (χ2v) is 9.27. The molecule has 0 fully saturated rings. The second-order valence-electron chi connectivity index (χ2n) is 8.83. The fourth-order valence-corrected chi connectivity index (χ4v) is 4.00. The number of nitrogens with two attached hydrogens (primary N) is 1. The van der Waals surface area contributed by atoms with Crippen LogP contribution in [-0.2, 0) is 17.8 Å². The van der Waals surface area contributed by atoms with Gasteiger partial charge in [-0.25, -0.2) is 23.9 Å². The van der Waals surface area contributed by atoms with Crippen molar-refractivity contribution in [2.75, 3.05) is 0 Å². The predicted molar refractivity (Wildman–Crippen MR) is 135 cm³/mol. The number of aromatic nitrogens is 6. The van der Waals surface area contributed by atoms with Gasteiger partial charge in [0.15, 0.2) is 35.4 Å². The molecule has 2 aromatic heterocycles. The Morgan fingerprint density at radius 3 is 2.33 bits per heavy atom. The Labute approximate surface area is 241 Å². The number of hydrogen-bond acceptors (Lipinski definition) is 8. The molecule has 0 unspecified atom stereocenters. The van der Waals surface area contributed by atoms with Crippen LogP contribution in [-0.4, -0.2) is 59.0 Å². The first kappa shape index (κ1) is 31.4. The van der Waals surface area contributed by atoms with E-state index in [9.17, 15) is 41.0 Å². The number of primary amides is 1. The minimum absolute atomic E-state index is 0.176. The Balaban J connectivity index is 1.82. The third-order valence-electron chi connectivity index (χ3n) is 5.70. The molecule has 4 rings (SSSR count). The number of aliphatic hydroxyl groups excluding tert-OH is 1. The third-order valence-corrected chi connectivity index (χ3v) is 5.95. The van der Waals surface area contributed by atoms with Crippen LogP contribution in [0.5, 0.6) is 5.75 Å². The van der Waals surface area contributed by atoms with Crippen molar-refractivity contribution in [2.24, 2.45) is 5.73 Å². The number of amides is 1. The van der Waals surface area contributed by atoms with E-state index in [4.69, 9.17) is 22.1 Å². The lowest BCUT2D eigenvalue weighted by molar-refractivity contribution is -0.274. The van der Waals surface area contributed by atoms with Crippen LogP contribution >= 0.6 is 11.6 Å². The maximum absolute atomic E-state index is 13.2. The largest absolute Gasteiger partial charge is 0.573 e. The van der Waals surface area contributed by atoms with Crippen molar-refractivity contribution in [3.8, 4) is 22.8 Å². The average Bonchev–Trinajstić information content (AvgIpc) is 3.45. The fraction of sp³-hybridized carbons (Fsp3) is 0.292. The van der Waals surface area contributed by atoms with Crippen molar-refractivity contribution < 1.29 is 45.7 Å². The first-order valence-electron chi connectivity index (χ1n) is 12.0. The molecule has 2 atom stereocenters. The van der Waals surface area contributed by atoms with Crippen molar-refractivity contribution in [1.29, 1.82) is 0 Å². The number of benzene rings is 2. The molecule has 0 bridgehead atoms. The minimum Gasteiger partial charge on any atom is -0.438 e. The van der Waals surface area contributed by atoms with E-state index >= 15 is 0 Å². The molecule has 230 valence electrons. The summed E-state index contributed by atoms with van der Waals surface area (Å²) in [6.45, 7) is -0.528. The van der Waals surface area contributed by atoms with Gasteiger partial charge in [0.1, 0.15) is 12.2 Å². The first-order chi connectivity index (χ1) is 20.0. The minimum atomic E-state index is -5.09. The molecule has 12 nitrogen and oxygen atoms in total. The van der Waals surface area contributed by atoms with Crippen LogP contribution in [0.15, 0.2) is 53.3 Å². The van der Waals surface area contributed by atoms with Gasteiger partial charge in [0.25, 0.3) is 0 Å². The number of alkyl halides is 6. The van der Waals surface area contributed by atoms with Crippen molar-refractivity contribution in [3.05, 3.63) is 75.7 Å². The normalized spacial score (nSPS) is 13.5. The molecule has 19 heteroatoms. The van der Waals surface area contributed by atoms with E-state index in [0.717, 1.165) is 10.7 Å². The van der Waals surface area contributed by atoms with Crippen molar-refractivity contribution in [1.82, 2.24) is 29.1 Å². The van der Waals surface area contributed by atoms with Crippen LogP contribution in [0, 0.1) is 0 Å². The first-order valence-corrected chi connectivity index (χ1v) is 12.4. The average molecular weight is 636 g/mol. The van der Waals surface area contributed by atoms with Gasteiger partial charge < -0.3 is 20.3 Å². The topological polar surface area (TPSA) is 152 Å². The number of nitrogens with zero attached hydrogens (tertiary/aromatic N) is 6. The van der Waals surface area contributed by atoms with E-state index in [0.29, 0.717) is 9.25 Å². The summed E-state index contributed by atoms with van der Waals surface area (Å²) < 4.78 is 89.8. The van der Waals surface area contributed by atoms with E-state index in [1.54, 1.807) is 0 Å². The number of hydrogen-bond donors (Lipinski definition) is 2. The number of rotatable bonds is 9. The molecular weight excluding hydrogens is 616 g/mol. The third kappa shape index (κ3) is 7.44. The highest BCUT2D eigenvalue weighted by Crippen LogP contribution is 2.31. The van der Waals surface area contributed by atoms with Gasteiger partial charge >= 0.3 is 24.3 Å². The summed E-state index contributed by atoms with van der Waals surface area (Å²) in [5.41, 5.74) is 3.86. The molecular formula is C24H20ClF6N7O5. The van der Waals surface area contributed by atoms with Gasteiger partial charge in [0, 0.05) is 10.6 Å². The van der Waals surface area contributed by atoms with E-state index in [1.165, 1.54) is 49.4 Å². The zero-order valence-corrected chi connectivity index (χ0v) is 22.4. The summed E-state index contributed by atoms with van der Waals surface area (Å²) in [6, 6.07) is 10.4. The van der Waals surface area contributed by atoms with Crippen molar-refractivity contribution in [3.63, 3.8) is 0 Å². The highest BCUT2D eigenvalue weighted by atomic mass is 35.5. The SMILES string of the molecule is C[C@H](OC(N)=O)c1nc(Cn2nc(-c3ccc(Cl)cc3)n(C[C@H](O)C(F)(F)F)c2=O)nn1-c1ccccc1OC(F)(F)F. The van der Waals surface area contributed by atoms with Gasteiger partial charge in [-0.2, -0.15) is 13.2 Å². The van der Waals surface area contributed by atoms with Crippen LogP contribution in [0.25, 0.3) is 17.1 Å². The summed E-state index contributed by atoms with van der Waals surface area (Å²) in [6.07, 6.45) is -15.6. The highest BCUT2D eigenvalue weighted by Gasteiger charge is 2.39. The molecule has 0 aliphatic carbocycles. The van der Waals surface area contributed by atoms with Crippen LogP contribution in [0.1, 0.15) is 24.7 Å². The van der Waals surface area contributed by atoms with Gasteiger partial charge in [0.2, 0.25) is 0 Å². The molecule has 0 radical (unpaired) electrons. The number of ether oxygens (including phenoxy) is 2. The van der Waals surface area contributed by atoms with Gasteiger partial charge in [-0.15, -0.1) is 23.4 Å². The molecule has 0 aliphatic heterocycles. The van der Waals surface area contributed by atoms with Crippen LogP contribution < -0.4 is 16.2 Å². The predicted octanol–water partition coefficient (Wildman–Crippen LogP) is 3.97. The van der Waals surface area contributed by atoms with Crippen molar-refractivity contribution in [2.45, 2.75) is 44.8 Å². The number of halogens is 7. The quantitative estimate of drug-likeness (QED) is 0.262. The second kappa shape index (κ2) is 12.0. The molecule has 0 aliphatic rings. The summed E-state index contributed by atoms with van der Waals surface area (Å²) >= 11 is 5.89. The summed E-state index contributed by atoms with van der Waals surface area (Å²) in [4.78, 5) is 28.8. The van der Waals surface area contributed by atoms with Gasteiger partial charge in [0.05, 0.1) is 6.54 Å². The number of aliphatic hydroxyl groups is 1. The maximum atomic E-state index is 13.2. The molecule has 0 saturated heterocycles. The molecule has 1 amide bonds. The highest BCUT2D eigenvalue weighted by molar-refractivity contribution is 6.30. The van der Waals surface area contributed by atoms with Crippen molar-refractivity contribution >= 4 is 17.7 Å². The Hall–Kier alpha value is -4.58. The van der Waals surface area contributed by atoms with Crippen LogP contribution in [0.3, 0.4) is 0 Å².